The van der Waals surface area contributed by atoms with E-state index in [1.807, 2.05) is 0 Å². The van der Waals surface area contributed by atoms with E-state index >= 15 is 0 Å². The Morgan fingerprint density at radius 1 is 1.53 bits per heavy atom. The van der Waals surface area contributed by atoms with Crippen LogP contribution in [0.5, 0.6) is 0 Å². The van der Waals surface area contributed by atoms with E-state index in [1.54, 1.807) is 6.07 Å². The molecule has 0 aliphatic rings. The van der Waals surface area contributed by atoms with Crippen molar-refractivity contribution in [2.75, 3.05) is 17.2 Å². The molecule has 5 nitrogen and oxygen atoms in total. The van der Waals surface area contributed by atoms with Crippen LogP contribution in [0.3, 0.4) is 0 Å². The molecule has 1 aromatic heterocycles. The number of aromatic carboxylic acids is 1. The summed E-state index contributed by atoms with van der Waals surface area (Å²) in [5.41, 5.74) is 5.96. The van der Waals surface area contributed by atoms with Crippen molar-refractivity contribution >= 4 is 17.5 Å². The number of nitrogen functional groups attached to an aromatic ring is 1. The third kappa shape index (κ3) is 3.84. The third-order valence-electron chi connectivity index (χ3n) is 3.32. The Bertz CT molecular complexity index is 435. The molecule has 0 saturated heterocycles. The van der Waals surface area contributed by atoms with Gasteiger partial charge in [-0.05, 0) is 25.8 Å². The summed E-state index contributed by atoms with van der Waals surface area (Å²) >= 11 is 0. The first kappa shape index (κ1) is 15.3. The molecule has 0 saturated carbocycles. The normalized spacial score (nSPS) is 12.2. The maximum Gasteiger partial charge on any atom is 0.337 e. The first-order valence-corrected chi connectivity index (χ1v) is 6.76. The van der Waals surface area contributed by atoms with E-state index in [1.165, 1.54) is 6.20 Å². The van der Waals surface area contributed by atoms with Crippen molar-refractivity contribution in [3.8, 4) is 0 Å². The molecule has 0 spiro atoms. The van der Waals surface area contributed by atoms with E-state index < -0.39 is 5.97 Å². The van der Waals surface area contributed by atoms with Crippen LogP contribution in [0.4, 0.5) is 11.5 Å². The number of rotatable bonds is 7. The Balaban J connectivity index is 3.07. The van der Waals surface area contributed by atoms with E-state index in [-0.39, 0.29) is 11.3 Å². The van der Waals surface area contributed by atoms with Crippen LogP contribution in [0.1, 0.15) is 50.4 Å². The van der Waals surface area contributed by atoms with Crippen LogP contribution in [-0.4, -0.2) is 28.6 Å². The quantitative estimate of drug-likeness (QED) is 0.792. The standard InChI is InChI=1S/C14H23N3O2/c1-4-6-7-17(10(3)5-2)13-8-11(14(18)19)12(15)9-16-13/h8-10H,4-7,15H2,1-3H3,(H,18,19). The fourth-order valence-electron chi connectivity index (χ4n) is 1.91. The minimum Gasteiger partial charge on any atom is -0.478 e. The largest absolute Gasteiger partial charge is 0.478 e. The molecular weight excluding hydrogens is 242 g/mol. The number of nitrogens with zero attached hydrogens (tertiary/aromatic N) is 2. The van der Waals surface area contributed by atoms with E-state index in [9.17, 15) is 4.79 Å². The zero-order valence-corrected chi connectivity index (χ0v) is 11.9. The van der Waals surface area contributed by atoms with Gasteiger partial charge >= 0.3 is 5.97 Å². The molecule has 1 heterocycles. The number of aromatic nitrogens is 1. The number of carboxylic acid groups (broad SMARTS) is 1. The molecular formula is C14H23N3O2. The molecule has 0 aliphatic heterocycles. The minimum atomic E-state index is -1.01. The zero-order chi connectivity index (χ0) is 14.4. The van der Waals surface area contributed by atoms with Crippen LogP contribution in [0.25, 0.3) is 0 Å². The molecule has 3 N–H and O–H groups in total. The number of carbonyl (C=O) groups is 1. The summed E-state index contributed by atoms with van der Waals surface area (Å²) in [4.78, 5) is 17.6. The molecule has 1 atom stereocenters. The predicted molar refractivity (Wildman–Crippen MR) is 77.6 cm³/mol. The van der Waals surface area contributed by atoms with Crippen LogP contribution in [-0.2, 0) is 0 Å². The maximum atomic E-state index is 11.1. The lowest BCUT2D eigenvalue weighted by Crippen LogP contribution is -2.34. The maximum absolute atomic E-state index is 11.1. The van der Waals surface area contributed by atoms with Gasteiger partial charge in [0.15, 0.2) is 0 Å². The molecule has 0 bridgehead atoms. The summed E-state index contributed by atoms with van der Waals surface area (Å²) < 4.78 is 0. The second-order valence-electron chi connectivity index (χ2n) is 4.74. The average Bonchev–Trinajstić information content (AvgIpc) is 2.40. The smallest absolute Gasteiger partial charge is 0.337 e. The van der Waals surface area contributed by atoms with Gasteiger partial charge in [0.25, 0.3) is 0 Å². The Kier molecular flexibility index (Phi) is 5.60. The van der Waals surface area contributed by atoms with Crippen molar-refractivity contribution in [3.05, 3.63) is 17.8 Å². The third-order valence-corrected chi connectivity index (χ3v) is 3.32. The number of anilines is 2. The van der Waals surface area contributed by atoms with Crippen molar-refractivity contribution in [1.82, 2.24) is 4.98 Å². The summed E-state index contributed by atoms with van der Waals surface area (Å²) in [5, 5.41) is 9.12. The lowest BCUT2D eigenvalue weighted by Gasteiger charge is -2.30. The molecule has 106 valence electrons. The van der Waals surface area contributed by atoms with Gasteiger partial charge in [-0.1, -0.05) is 20.3 Å². The first-order chi connectivity index (χ1) is 9.01. The van der Waals surface area contributed by atoms with Crippen molar-refractivity contribution in [2.24, 2.45) is 0 Å². The van der Waals surface area contributed by atoms with Crippen molar-refractivity contribution in [2.45, 2.75) is 46.1 Å². The van der Waals surface area contributed by atoms with Crippen LogP contribution in [0, 0.1) is 0 Å². The molecule has 5 heteroatoms. The molecule has 1 rings (SSSR count). The van der Waals surface area contributed by atoms with Gasteiger partial charge in [-0.15, -0.1) is 0 Å². The van der Waals surface area contributed by atoms with Crippen molar-refractivity contribution in [1.29, 1.82) is 0 Å². The Morgan fingerprint density at radius 2 is 2.21 bits per heavy atom. The summed E-state index contributed by atoms with van der Waals surface area (Å²) in [6.45, 7) is 7.24. The van der Waals surface area contributed by atoms with Crippen LogP contribution >= 0.6 is 0 Å². The first-order valence-electron chi connectivity index (χ1n) is 6.76. The summed E-state index contributed by atoms with van der Waals surface area (Å²) in [6.07, 6.45) is 4.56. The van der Waals surface area contributed by atoms with Gasteiger partial charge in [-0.25, -0.2) is 9.78 Å². The van der Waals surface area contributed by atoms with E-state index in [4.69, 9.17) is 10.8 Å². The highest BCUT2D eigenvalue weighted by molar-refractivity contribution is 5.94. The van der Waals surface area contributed by atoms with Gasteiger partial charge in [0.05, 0.1) is 17.4 Å². The number of pyridine rings is 1. The molecule has 0 aliphatic carbocycles. The lowest BCUT2D eigenvalue weighted by atomic mass is 10.1. The molecule has 19 heavy (non-hydrogen) atoms. The predicted octanol–water partition coefficient (Wildman–Crippen LogP) is 2.77. The fourth-order valence-corrected chi connectivity index (χ4v) is 1.91. The molecule has 1 aromatic rings. The van der Waals surface area contributed by atoms with Gasteiger partial charge in [-0.2, -0.15) is 0 Å². The Morgan fingerprint density at radius 3 is 2.74 bits per heavy atom. The van der Waals surface area contributed by atoms with E-state index in [0.717, 1.165) is 25.8 Å². The highest BCUT2D eigenvalue weighted by atomic mass is 16.4. The Hall–Kier alpha value is -1.78. The number of carboxylic acids is 1. The van der Waals surface area contributed by atoms with E-state index in [0.29, 0.717) is 11.9 Å². The number of unbranched alkanes of at least 4 members (excludes halogenated alkanes) is 1. The molecule has 0 aromatic carbocycles. The zero-order valence-electron chi connectivity index (χ0n) is 11.9. The highest BCUT2D eigenvalue weighted by Gasteiger charge is 2.17. The molecule has 1 unspecified atom stereocenters. The van der Waals surface area contributed by atoms with Crippen LogP contribution in [0.15, 0.2) is 12.3 Å². The van der Waals surface area contributed by atoms with Gasteiger partial charge in [0.1, 0.15) is 5.82 Å². The van der Waals surface area contributed by atoms with Gasteiger partial charge in [0.2, 0.25) is 0 Å². The second-order valence-corrected chi connectivity index (χ2v) is 4.74. The Labute approximate surface area is 114 Å². The average molecular weight is 265 g/mol. The molecule has 0 amide bonds. The lowest BCUT2D eigenvalue weighted by molar-refractivity contribution is 0.0698. The van der Waals surface area contributed by atoms with Gasteiger partial charge in [-0.3, -0.25) is 0 Å². The number of hydrogen-bond donors (Lipinski definition) is 2. The molecule has 0 radical (unpaired) electrons. The van der Waals surface area contributed by atoms with Gasteiger partial charge < -0.3 is 15.7 Å². The van der Waals surface area contributed by atoms with E-state index in [2.05, 4.69) is 30.7 Å². The number of nitrogens with two attached hydrogens (primary N) is 1. The topological polar surface area (TPSA) is 79.5 Å². The minimum absolute atomic E-state index is 0.120. The molecule has 0 fully saturated rings. The van der Waals surface area contributed by atoms with Crippen LogP contribution < -0.4 is 10.6 Å². The fraction of sp³-hybridized carbons (Fsp3) is 0.571. The SMILES string of the molecule is CCCCN(c1cc(C(=O)O)c(N)cn1)C(C)CC. The highest BCUT2D eigenvalue weighted by Crippen LogP contribution is 2.21. The summed E-state index contributed by atoms with van der Waals surface area (Å²) in [5.74, 6) is -0.324. The summed E-state index contributed by atoms with van der Waals surface area (Å²) in [6, 6.07) is 1.89. The summed E-state index contributed by atoms with van der Waals surface area (Å²) in [7, 11) is 0. The second kappa shape index (κ2) is 6.97. The van der Waals surface area contributed by atoms with Crippen molar-refractivity contribution < 1.29 is 9.90 Å². The van der Waals surface area contributed by atoms with Gasteiger partial charge in [0, 0.05) is 12.6 Å². The monoisotopic (exact) mass is 265 g/mol. The van der Waals surface area contributed by atoms with Crippen LogP contribution in [0.2, 0.25) is 0 Å². The van der Waals surface area contributed by atoms with Crippen molar-refractivity contribution in [3.63, 3.8) is 0 Å². The number of hydrogen-bond acceptors (Lipinski definition) is 4.